The van der Waals surface area contributed by atoms with Crippen LogP contribution < -0.4 is 4.72 Å². The first-order chi connectivity index (χ1) is 9.32. The van der Waals surface area contributed by atoms with Gasteiger partial charge in [-0.15, -0.1) is 11.3 Å². The maximum Gasteiger partial charge on any atom is 0.345 e. The Bertz CT molecular complexity index is 585. The molecule has 1 aromatic rings. The molecule has 0 atom stereocenters. The van der Waals surface area contributed by atoms with Gasteiger partial charge >= 0.3 is 5.97 Å². The van der Waals surface area contributed by atoms with E-state index in [1.54, 1.807) is 0 Å². The monoisotopic (exact) mass is 317 g/mol. The van der Waals surface area contributed by atoms with E-state index in [1.165, 1.54) is 17.9 Å². The van der Waals surface area contributed by atoms with Crippen molar-refractivity contribution in [3.05, 3.63) is 16.3 Å². The number of aromatic carboxylic acids is 1. The summed E-state index contributed by atoms with van der Waals surface area (Å²) < 4.78 is 26.9. The van der Waals surface area contributed by atoms with Crippen molar-refractivity contribution in [2.75, 3.05) is 6.54 Å². The highest BCUT2D eigenvalue weighted by Crippen LogP contribution is 2.35. The molecule has 0 spiro atoms. The molecule has 20 heavy (non-hydrogen) atoms. The molecule has 1 aromatic heterocycles. The Kier molecular flexibility index (Phi) is 4.51. The molecule has 2 N–H and O–H groups in total. The van der Waals surface area contributed by atoms with Gasteiger partial charge in [0.1, 0.15) is 4.88 Å². The number of hydrogen-bond acceptors (Lipinski definition) is 4. The predicted octanol–water partition coefficient (Wildman–Crippen LogP) is 2.70. The summed E-state index contributed by atoms with van der Waals surface area (Å²) >= 11 is 0.926. The van der Waals surface area contributed by atoms with E-state index in [4.69, 9.17) is 5.11 Å². The fourth-order valence-corrected chi connectivity index (χ4v) is 4.82. The third kappa shape index (κ3) is 3.59. The van der Waals surface area contributed by atoms with Gasteiger partial charge in [0.2, 0.25) is 10.0 Å². The van der Waals surface area contributed by atoms with E-state index in [0.29, 0.717) is 6.54 Å². The summed E-state index contributed by atoms with van der Waals surface area (Å²) in [5, 5.41) is 10.2. The molecule has 0 amide bonds. The van der Waals surface area contributed by atoms with E-state index in [1.807, 2.05) is 0 Å². The van der Waals surface area contributed by atoms with Crippen LogP contribution in [0, 0.1) is 5.41 Å². The average Bonchev–Trinajstić information content (AvgIpc) is 2.88. The highest BCUT2D eigenvalue weighted by Gasteiger charge is 2.29. The smallest absolute Gasteiger partial charge is 0.345 e. The summed E-state index contributed by atoms with van der Waals surface area (Å²) in [6.45, 7) is 2.51. The summed E-state index contributed by atoms with van der Waals surface area (Å²) in [6.07, 6.45) is 5.55. The molecule has 112 valence electrons. The van der Waals surface area contributed by atoms with Crippen LogP contribution in [0.15, 0.2) is 16.3 Å². The van der Waals surface area contributed by atoms with Crippen LogP contribution in [0.5, 0.6) is 0 Å². The standard InChI is InChI=1S/C13H19NO4S2/c1-13(5-3-2-4-6-13)9-14-20(17,18)10-7-11(12(15)16)19-8-10/h7-8,14H,2-6,9H2,1H3,(H,15,16). The van der Waals surface area contributed by atoms with E-state index in [9.17, 15) is 13.2 Å². The number of thiophene rings is 1. The van der Waals surface area contributed by atoms with Crippen LogP contribution in [0.4, 0.5) is 0 Å². The van der Waals surface area contributed by atoms with Gasteiger partial charge in [-0.05, 0) is 24.3 Å². The summed E-state index contributed by atoms with van der Waals surface area (Å²) in [4.78, 5) is 10.9. The molecule has 0 saturated heterocycles. The number of nitrogens with one attached hydrogen (secondary N) is 1. The molecule has 1 aliphatic rings. The largest absolute Gasteiger partial charge is 0.477 e. The molecular formula is C13H19NO4S2. The molecule has 0 unspecified atom stereocenters. The van der Waals surface area contributed by atoms with Gasteiger partial charge in [-0.1, -0.05) is 26.2 Å². The molecule has 0 bridgehead atoms. The zero-order valence-corrected chi connectivity index (χ0v) is 13.0. The van der Waals surface area contributed by atoms with E-state index in [-0.39, 0.29) is 15.2 Å². The van der Waals surface area contributed by atoms with Gasteiger partial charge in [-0.25, -0.2) is 17.9 Å². The van der Waals surface area contributed by atoms with Gasteiger partial charge in [0.15, 0.2) is 0 Å². The number of hydrogen-bond donors (Lipinski definition) is 2. The van der Waals surface area contributed by atoms with Gasteiger partial charge < -0.3 is 5.11 Å². The van der Waals surface area contributed by atoms with Gasteiger partial charge in [-0.2, -0.15) is 0 Å². The SMILES string of the molecule is CC1(CNS(=O)(=O)c2csc(C(=O)O)c2)CCCCC1. The zero-order chi connectivity index (χ0) is 14.8. The Hall–Kier alpha value is -0.920. The lowest BCUT2D eigenvalue weighted by Gasteiger charge is -2.33. The van der Waals surface area contributed by atoms with Crippen molar-refractivity contribution in [2.45, 2.75) is 43.9 Å². The number of sulfonamides is 1. The highest BCUT2D eigenvalue weighted by molar-refractivity contribution is 7.89. The lowest BCUT2D eigenvalue weighted by molar-refractivity contribution is 0.0702. The number of carboxylic acids is 1. The maximum atomic E-state index is 12.2. The molecule has 1 saturated carbocycles. The minimum Gasteiger partial charge on any atom is -0.477 e. The summed E-state index contributed by atoms with van der Waals surface area (Å²) in [5.41, 5.74) is 0.0109. The van der Waals surface area contributed by atoms with Crippen LogP contribution >= 0.6 is 11.3 Å². The molecule has 0 aromatic carbocycles. The third-order valence-electron chi connectivity index (χ3n) is 3.85. The Morgan fingerprint density at radius 2 is 2.05 bits per heavy atom. The van der Waals surface area contributed by atoms with Crippen molar-refractivity contribution >= 4 is 27.3 Å². The fourth-order valence-electron chi connectivity index (χ4n) is 2.51. The molecule has 0 radical (unpaired) electrons. The van der Waals surface area contributed by atoms with Crippen LogP contribution in [-0.4, -0.2) is 26.0 Å². The van der Waals surface area contributed by atoms with Gasteiger partial charge in [0.25, 0.3) is 0 Å². The summed E-state index contributed by atoms with van der Waals surface area (Å²) in [7, 11) is -3.61. The van der Waals surface area contributed by atoms with E-state index >= 15 is 0 Å². The van der Waals surface area contributed by atoms with Crippen molar-refractivity contribution in [2.24, 2.45) is 5.41 Å². The molecule has 0 aliphatic heterocycles. The quantitative estimate of drug-likeness (QED) is 0.874. The first kappa shape index (κ1) is 15.5. The Morgan fingerprint density at radius 1 is 1.40 bits per heavy atom. The van der Waals surface area contributed by atoms with Crippen LogP contribution in [0.2, 0.25) is 0 Å². The van der Waals surface area contributed by atoms with Crippen molar-refractivity contribution < 1.29 is 18.3 Å². The molecular weight excluding hydrogens is 298 g/mol. The lowest BCUT2D eigenvalue weighted by atomic mass is 9.76. The van der Waals surface area contributed by atoms with Crippen LogP contribution in [0.25, 0.3) is 0 Å². The van der Waals surface area contributed by atoms with E-state index in [2.05, 4.69) is 11.6 Å². The van der Waals surface area contributed by atoms with E-state index in [0.717, 1.165) is 37.0 Å². The average molecular weight is 317 g/mol. The predicted molar refractivity (Wildman–Crippen MR) is 77.7 cm³/mol. The molecule has 1 heterocycles. The lowest BCUT2D eigenvalue weighted by Crippen LogP contribution is -2.36. The van der Waals surface area contributed by atoms with Crippen molar-refractivity contribution in [1.29, 1.82) is 0 Å². The highest BCUT2D eigenvalue weighted by atomic mass is 32.2. The normalized spacial score (nSPS) is 18.9. The second-order valence-electron chi connectivity index (χ2n) is 5.65. The number of rotatable bonds is 5. The van der Waals surface area contributed by atoms with Crippen molar-refractivity contribution in [1.82, 2.24) is 4.72 Å². The van der Waals surface area contributed by atoms with Crippen LogP contribution in [0.1, 0.15) is 48.7 Å². The summed E-state index contributed by atoms with van der Waals surface area (Å²) in [5.74, 6) is -1.10. The van der Waals surface area contributed by atoms with Gasteiger partial charge in [0, 0.05) is 11.9 Å². The molecule has 5 nitrogen and oxygen atoms in total. The van der Waals surface area contributed by atoms with Crippen LogP contribution in [0.3, 0.4) is 0 Å². The minimum absolute atomic E-state index is 0.0109. The number of carboxylic acid groups (broad SMARTS) is 1. The van der Waals surface area contributed by atoms with Crippen LogP contribution in [-0.2, 0) is 10.0 Å². The Labute approximate surface area is 123 Å². The number of carbonyl (C=O) groups is 1. The zero-order valence-electron chi connectivity index (χ0n) is 11.4. The second-order valence-corrected chi connectivity index (χ2v) is 8.33. The van der Waals surface area contributed by atoms with Gasteiger partial charge in [0.05, 0.1) is 4.90 Å². The topological polar surface area (TPSA) is 83.5 Å². The second kappa shape index (κ2) is 5.83. The summed E-state index contributed by atoms with van der Waals surface area (Å²) in [6, 6.07) is 1.21. The first-order valence-corrected chi connectivity index (χ1v) is 9.00. The fraction of sp³-hybridized carbons (Fsp3) is 0.615. The molecule has 7 heteroatoms. The van der Waals surface area contributed by atoms with Crippen molar-refractivity contribution in [3.63, 3.8) is 0 Å². The van der Waals surface area contributed by atoms with Gasteiger partial charge in [-0.3, -0.25) is 0 Å². The maximum absolute atomic E-state index is 12.2. The molecule has 2 rings (SSSR count). The van der Waals surface area contributed by atoms with Crippen molar-refractivity contribution in [3.8, 4) is 0 Å². The first-order valence-electron chi connectivity index (χ1n) is 6.64. The Balaban J connectivity index is 2.05. The molecule has 1 fully saturated rings. The third-order valence-corrected chi connectivity index (χ3v) is 6.29. The minimum atomic E-state index is -3.61. The Morgan fingerprint density at radius 3 is 2.60 bits per heavy atom. The molecule has 1 aliphatic carbocycles. The van der Waals surface area contributed by atoms with E-state index < -0.39 is 16.0 Å².